The van der Waals surface area contributed by atoms with Crippen LogP contribution in [0, 0.1) is 6.92 Å². The van der Waals surface area contributed by atoms with Crippen molar-refractivity contribution in [1.82, 2.24) is 4.90 Å². The third-order valence-corrected chi connectivity index (χ3v) is 2.71. The summed E-state index contributed by atoms with van der Waals surface area (Å²) in [6, 6.07) is 5.73. The van der Waals surface area contributed by atoms with Gasteiger partial charge in [0.25, 0.3) is 5.91 Å². The Bertz CT molecular complexity index is 391. The number of hydrogen-bond donors (Lipinski definition) is 2. The molecule has 0 aliphatic rings. The molecule has 17 heavy (non-hydrogen) atoms. The van der Waals surface area contributed by atoms with Crippen molar-refractivity contribution < 1.29 is 9.90 Å². The van der Waals surface area contributed by atoms with Crippen molar-refractivity contribution in [2.24, 2.45) is 0 Å². The zero-order valence-corrected chi connectivity index (χ0v) is 10.7. The summed E-state index contributed by atoms with van der Waals surface area (Å²) in [6.07, 6.45) is 0. The average Bonchev–Trinajstić information content (AvgIpc) is 2.35. The van der Waals surface area contributed by atoms with Crippen LogP contribution in [0.1, 0.15) is 22.8 Å². The van der Waals surface area contributed by atoms with Gasteiger partial charge in [-0.25, -0.2) is 0 Å². The Morgan fingerprint density at radius 3 is 2.71 bits per heavy atom. The van der Waals surface area contributed by atoms with E-state index in [1.54, 1.807) is 11.9 Å². The Hall–Kier alpha value is -1.55. The number of nitrogens with one attached hydrogen (secondary N) is 1. The van der Waals surface area contributed by atoms with Gasteiger partial charge < -0.3 is 15.3 Å². The van der Waals surface area contributed by atoms with Crippen LogP contribution in [0.2, 0.25) is 0 Å². The summed E-state index contributed by atoms with van der Waals surface area (Å²) in [4.78, 5) is 13.9. The number of carbonyl (C=O) groups excluding carboxylic acids is 1. The fourth-order valence-electron chi connectivity index (χ4n) is 1.75. The maximum atomic E-state index is 12.3. The number of aryl methyl sites for hydroxylation is 1. The maximum absolute atomic E-state index is 12.3. The number of rotatable bonds is 5. The molecule has 1 aromatic rings. The van der Waals surface area contributed by atoms with E-state index in [1.807, 2.05) is 32.0 Å². The molecule has 1 amide bonds. The van der Waals surface area contributed by atoms with E-state index in [-0.39, 0.29) is 12.5 Å². The molecule has 0 spiro atoms. The average molecular weight is 236 g/mol. The number of hydrogen-bond acceptors (Lipinski definition) is 3. The third-order valence-electron chi connectivity index (χ3n) is 2.71. The van der Waals surface area contributed by atoms with Gasteiger partial charge in [-0.2, -0.15) is 0 Å². The van der Waals surface area contributed by atoms with E-state index >= 15 is 0 Å². The van der Waals surface area contributed by atoms with Gasteiger partial charge in [0.1, 0.15) is 0 Å². The van der Waals surface area contributed by atoms with E-state index in [4.69, 9.17) is 5.11 Å². The lowest BCUT2D eigenvalue weighted by Gasteiger charge is -2.21. The van der Waals surface area contributed by atoms with Crippen LogP contribution in [0.15, 0.2) is 18.2 Å². The molecule has 94 valence electrons. The van der Waals surface area contributed by atoms with Gasteiger partial charge in [0.15, 0.2) is 0 Å². The van der Waals surface area contributed by atoms with Gasteiger partial charge >= 0.3 is 0 Å². The Balaban J connectivity index is 3.04. The van der Waals surface area contributed by atoms with Gasteiger partial charge in [-0.15, -0.1) is 0 Å². The number of carbonyl (C=O) groups is 1. The number of nitrogens with zero attached hydrogens (tertiary/aromatic N) is 1. The van der Waals surface area contributed by atoms with Crippen LogP contribution in [0.5, 0.6) is 0 Å². The number of anilines is 1. The standard InChI is InChI=1S/C13H20N2O2/c1-4-15(7-8-16)13(17)11-9-10(2)5-6-12(11)14-3/h5-6,9,14,16H,4,7-8H2,1-3H3. The van der Waals surface area contributed by atoms with E-state index in [2.05, 4.69) is 5.32 Å². The molecule has 0 bridgehead atoms. The van der Waals surface area contributed by atoms with Crippen LogP contribution in [0.4, 0.5) is 5.69 Å². The summed E-state index contributed by atoms with van der Waals surface area (Å²) in [6.45, 7) is 4.81. The van der Waals surface area contributed by atoms with Crippen molar-refractivity contribution in [3.8, 4) is 0 Å². The zero-order chi connectivity index (χ0) is 12.8. The van der Waals surface area contributed by atoms with E-state index in [9.17, 15) is 4.79 Å². The van der Waals surface area contributed by atoms with E-state index < -0.39 is 0 Å². The highest BCUT2D eigenvalue weighted by atomic mass is 16.3. The summed E-state index contributed by atoms with van der Waals surface area (Å²) in [5, 5.41) is 11.9. The van der Waals surface area contributed by atoms with Crippen molar-refractivity contribution in [1.29, 1.82) is 0 Å². The Labute approximate surface area is 102 Å². The number of likely N-dealkylation sites (N-methyl/N-ethyl adjacent to an activating group) is 1. The summed E-state index contributed by atoms with van der Waals surface area (Å²) >= 11 is 0. The number of aliphatic hydroxyl groups excluding tert-OH is 1. The van der Waals surface area contributed by atoms with Gasteiger partial charge in [0.05, 0.1) is 12.2 Å². The van der Waals surface area contributed by atoms with Crippen molar-refractivity contribution in [3.63, 3.8) is 0 Å². The molecular weight excluding hydrogens is 216 g/mol. The largest absolute Gasteiger partial charge is 0.395 e. The van der Waals surface area contributed by atoms with Gasteiger partial charge in [0.2, 0.25) is 0 Å². The number of amides is 1. The molecule has 2 N–H and O–H groups in total. The molecular formula is C13H20N2O2. The first kappa shape index (κ1) is 13.5. The minimum atomic E-state index is -0.0467. The molecule has 4 heteroatoms. The molecule has 0 heterocycles. The lowest BCUT2D eigenvalue weighted by atomic mass is 10.1. The number of aliphatic hydroxyl groups is 1. The minimum Gasteiger partial charge on any atom is -0.395 e. The van der Waals surface area contributed by atoms with Crippen LogP contribution in [0.25, 0.3) is 0 Å². The zero-order valence-electron chi connectivity index (χ0n) is 10.7. The van der Waals surface area contributed by atoms with Crippen LogP contribution >= 0.6 is 0 Å². The minimum absolute atomic E-state index is 0.0136. The quantitative estimate of drug-likeness (QED) is 0.814. The second-order valence-electron chi connectivity index (χ2n) is 3.91. The molecule has 1 aromatic carbocycles. The predicted octanol–water partition coefficient (Wildman–Crippen LogP) is 1.49. The molecule has 0 saturated carbocycles. The summed E-state index contributed by atoms with van der Waals surface area (Å²) in [5.41, 5.74) is 2.52. The molecule has 0 unspecified atom stereocenters. The monoisotopic (exact) mass is 236 g/mol. The fraction of sp³-hybridized carbons (Fsp3) is 0.462. The predicted molar refractivity (Wildman–Crippen MR) is 69.4 cm³/mol. The Morgan fingerprint density at radius 1 is 1.47 bits per heavy atom. The van der Waals surface area contributed by atoms with Gasteiger partial charge in [-0.3, -0.25) is 4.79 Å². The third kappa shape index (κ3) is 3.20. The molecule has 1 rings (SSSR count). The molecule has 0 saturated heterocycles. The summed E-state index contributed by atoms with van der Waals surface area (Å²) in [5.74, 6) is -0.0467. The number of benzene rings is 1. The SMILES string of the molecule is CCN(CCO)C(=O)c1cc(C)ccc1NC. The molecule has 4 nitrogen and oxygen atoms in total. The lowest BCUT2D eigenvalue weighted by molar-refractivity contribution is 0.0733. The fourth-order valence-corrected chi connectivity index (χ4v) is 1.75. The Morgan fingerprint density at radius 2 is 2.18 bits per heavy atom. The molecule has 0 aromatic heterocycles. The maximum Gasteiger partial charge on any atom is 0.256 e. The van der Waals surface area contributed by atoms with Gasteiger partial charge in [-0.1, -0.05) is 11.6 Å². The van der Waals surface area contributed by atoms with Crippen LogP contribution in [0.3, 0.4) is 0 Å². The first-order valence-corrected chi connectivity index (χ1v) is 5.82. The van der Waals surface area contributed by atoms with Crippen LogP contribution < -0.4 is 5.32 Å². The normalized spacial score (nSPS) is 10.1. The highest BCUT2D eigenvalue weighted by Gasteiger charge is 2.16. The van der Waals surface area contributed by atoms with Crippen LogP contribution in [-0.4, -0.2) is 42.7 Å². The van der Waals surface area contributed by atoms with Crippen molar-refractivity contribution in [3.05, 3.63) is 29.3 Å². The second kappa shape index (κ2) is 6.25. The summed E-state index contributed by atoms with van der Waals surface area (Å²) < 4.78 is 0. The second-order valence-corrected chi connectivity index (χ2v) is 3.91. The highest BCUT2D eigenvalue weighted by molar-refractivity contribution is 5.99. The molecule has 0 aliphatic carbocycles. The van der Waals surface area contributed by atoms with Gasteiger partial charge in [-0.05, 0) is 26.0 Å². The first-order chi connectivity index (χ1) is 8.13. The smallest absolute Gasteiger partial charge is 0.256 e. The Kier molecular flexibility index (Phi) is 4.97. The van der Waals surface area contributed by atoms with E-state index in [0.29, 0.717) is 18.7 Å². The van der Waals surface area contributed by atoms with Crippen molar-refractivity contribution in [2.75, 3.05) is 32.1 Å². The molecule has 0 aliphatic heterocycles. The molecule has 0 fully saturated rings. The van der Waals surface area contributed by atoms with Crippen LogP contribution in [-0.2, 0) is 0 Å². The topological polar surface area (TPSA) is 52.6 Å². The van der Waals surface area contributed by atoms with Crippen molar-refractivity contribution >= 4 is 11.6 Å². The van der Waals surface area contributed by atoms with Crippen molar-refractivity contribution in [2.45, 2.75) is 13.8 Å². The summed E-state index contributed by atoms with van der Waals surface area (Å²) in [7, 11) is 1.80. The van der Waals surface area contributed by atoms with Gasteiger partial charge in [0, 0.05) is 25.8 Å². The van der Waals surface area contributed by atoms with E-state index in [1.165, 1.54) is 0 Å². The lowest BCUT2D eigenvalue weighted by Crippen LogP contribution is -2.33. The molecule has 0 atom stereocenters. The molecule has 0 radical (unpaired) electrons. The highest BCUT2D eigenvalue weighted by Crippen LogP contribution is 2.18. The van der Waals surface area contributed by atoms with E-state index in [0.717, 1.165) is 11.3 Å². The first-order valence-electron chi connectivity index (χ1n) is 5.82.